The smallest absolute Gasteiger partial charge is 0.271 e. The van der Waals surface area contributed by atoms with Crippen molar-refractivity contribution in [2.24, 2.45) is 5.10 Å². The van der Waals surface area contributed by atoms with E-state index in [1.54, 1.807) is 24.3 Å². The van der Waals surface area contributed by atoms with Crippen molar-refractivity contribution >= 4 is 27.8 Å². The monoisotopic (exact) mass is 471 g/mol. The number of carbonyl (C=O) groups is 1. The minimum Gasteiger partial charge on any atom is -0.457 e. The summed E-state index contributed by atoms with van der Waals surface area (Å²) >= 11 is 0. The summed E-state index contributed by atoms with van der Waals surface area (Å²) in [6.45, 7) is 0. The van der Waals surface area contributed by atoms with Crippen LogP contribution in [0, 0.1) is 0 Å². The number of carbonyl (C=O) groups excluding carboxylic acids is 1. The van der Waals surface area contributed by atoms with Gasteiger partial charge in [0.1, 0.15) is 11.5 Å². The first-order valence-corrected chi connectivity index (χ1v) is 11.8. The van der Waals surface area contributed by atoms with Gasteiger partial charge < -0.3 is 4.74 Å². The van der Waals surface area contributed by atoms with E-state index in [0.717, 1.165) is 11.3 Å². The highest BCUT2D eigenvalue weighted by Gasteiger charge is 2.13. The molecule has 0 fully saturated rings. The molecule has 0 saturated heterocycles. The van der Waals surface area contributed by atoms with Gasteiger partial charge in [0.05, 0.1) is 11.1 Å². The van der Waals surface area contributed by atoms with Crippen LogP contribution in [0.4, 0.5) is 5.69 Å². The molecule has 0 aliphatic heterocycles. The fourth-order valence-electron chi connectivity index (χ4n) is 3.02. The highest BCUT2D eigenvalue weighted by molar-refractivity contribution is 7.92. The van der Waals surface area contributed by atoms with E-state index in [0.29, 0.717) is 17.0 Å². The second-order valence-corrected chi connectivity index (χ2v) is 8.87. The molecule has 170 valence electrons. The Morgan fingerprint density at radius 1 is 0.765 bits per heavy atom. The molecule has 8 heteroatoms. The molecule has 0 aromatic heterocycles. The van der Waals surface area contributed by atoms with Gasteiger partial charge in [0.2, 0.25) is 0 Å². The SMILES string of the molecule is O=C(NN=Cc1cccc(Oc2ccccc2)c1)c1ccc(NS(=O)(=O)c2ccccc2)cc1. The van der Waals surface area contributed by atoms with Crippen LogP contribution in [0.1, 0.15) is 15.9 Å². The van der Waals surface area contributed by atoms with Crippen molar-refractivity contribution in [3.05, 3.63) is 120 Å². The summed E-state index contributed by atoms with van der Waals surface area (Å²) in [6, 6.07) is 30.8. The summed E-state index contributed by atoms with van der Waals surface area (Å²) in [6.07, 6.45) is 1.51. The molecule has 0 atom stereocenters. The Morgan fingerprint density at radius 2 is 1.41 bits per heavy atom. The highest BCUT2D eigenvalue weighted by atomic mass is 32.2. The van der Waals surface area contributed by atoms with Gasteiger partial charge in [-0.15, -0.1) is 0 Å². The van der Waals surface area contributed by atoms with Crippen LogP contribution in [-0.4, -0.2) is 20.5 Å². The zero-order chi connectivity index (χ0) is 23.8. The Bertz CT molecular complexity index is 1390. The van der Waals surface area contributed by atoms with Gasteiger partial charge in [-0.25, -0.2) is 13.8 Å². The lowest BCUT2D eigenvalue weighted by molar-refractivity contribution is 0.0955. The van der Waals surface area contributed by atoms with E-state index < -0.39 is 15.9 Å². The first kappa shape index (κ1) is 22.8. The molecule has 0 spiro atoms. The Morgan fingerprint density at radius 3 is 2.12 bits per heavy atom. The molecule has 0 aliphatic rings. The van der Waals surface area contributed by atoms with E-state index in [1.807, 2.05) is 48.5 Å². The molecular formula is C26H21N3O4S. The molecule has 0 aliphatic carbocycles. The van der Waals surface area contributed by atoms with Crippen molar-refractivity contribution in [2.75, 3.05) is 4.72 Å². The third-order valence-electron chi connectivity index (χ3n) is 4.67. The Balaban J connectivity index is 1.35. The number of nitrogens with one attached hydrogen (secondary N) is 2. The molecule has 0 bridgehead atoms. The minimum atomic E-state index is -3.70. The lowest BCUT2D eigenvalue weighted by atomic mass is 10.2. The van der Waals surface area contributed by atoms with Crippen molar-refractivity contribution in [3.8, 4) is 11.5 Å². The molecule has 34 heavy (non-hydrogen) atoms. The van der Waals surface area contributed by atoms with Gasteiger partial charge in [-0.3, -0.25) is 9.52 Å². The van der Waals surface area contributed by atoms with E-state index in [2.05, 4.69) is 15.2 Å². The minimum absolute atomic E-state index is 0.157. The summed E-state index contributed by atoms with van der Waals surface area (Å²) in [7, 11) is -3.70. The van der Waals surface area contributed by atoms with E-state index >= 15 is 0 Å². The average Bonchev–Trinajstić information content (AvgIpc) is 2.86. The van der Waals surface area contributed by atoms with Crippen molar-refractivity contribution in [1.29, 1.82) is 0 Å². The maximum atomic E-state index is 12.4. The number of hydrazone groups is 1. The van der Waals surface area contributed by atoms with E-state index in [4.69, 9.17) is 4.74 Å². The Kier molecular flexibility index (Phi) is 7.00. The summed E-state index contributed by atoms with van der Waals surface area (Å²) in [5.74, 6) is 0.944. The molecule has 7 nitrogen and oxygen atoms in total. The molecule has 0 radical (unpaired) electrons. The lowest BCUT2D eigenvalue weighted by Gasteiger charge is -2.08. The van der Waals surface area contributed by atoms with Gasteiger partial charge >= 0.3 is 0 Å². The topological polar surface area (TPSA) is 96.9 Å². The van der Waals surface area contributed by atoms with Gasteiger partial charge in [-0.2, -0.15) is 5.10 Å². The maximum Gasteiger partial charge on any atom is 0.271 e. The first-order chi connectivity index (χ1) is 16.5. The van der Waals surface area contributed by atoms with Crippen LogP contribution >= 0.6 is 0 Å². The van der Waals surface area contributed by atoms with Crippen LogP contribution in [-0.2, 0) is 10.0 Å². The average molecular weight is 472 g/mol. The lowest BCUT2D eigenvalue weighted by Crippen LogP contribution is -2.18. The largest absolute Gasteiger partial charge is 0.457 e. The number of benzene rings is 4. The summed E-state index contributed by atoms with van der Waals surface area (Å²) in [4.78, 5) is 12.5. The van der Waals surface area contributed by atoms with Crippen LogP contribution in [0.3, 0.4) is 0 Å². The number of ether oxygens (including phenoxy) is 1. The molecule has 0 saturated carbocycles. The van der Waals surface area contributed by atoms with Crippen LogP contribution in [0.2, 0.25) is 0 Å². The molecule has 4 aromatic carbocycles. The number of amides is 1. The van der Waals surface area contributed by atoms with Crippen LogP contribution in [0.5, 0.6) is 11.5 Å². The van der Waals surface area contributed by atoms with Crippen LogP contribution < -0.4 is 14.9 Å². The zero-order valence-corrected chi connectivity index (χ0v) is 18.8. The maximum absolute atomic E-state index is 12.4. The van der Waals surface area contributed by atoms with Crippen molar-refractivity contribution in [1.82, 2.24) is 5.43 Å². The van der Waals surface area contributed by atoms with Gasteiger partial charge in [-0.1, -0.05) is 48.5 Å². The van der Waals surface area contributed by atoms with Crippen molar-refractivity contribution in [2.45, 2.75) is 4.90 Å². The molecule has 0 heterocycles. The summed E-state index contributed by atoms with van der Waals surface area (Å²) in [5, 5.41) is 4.00. The number of hydrogen-bond donors (Lipinski definition) is 2. The summed E-state index contributed by atoms with van der Waals surface area (Å²) in [5.41, 5.74) is 3.89. The normalized spacial score (nSPS) is 11.2. The van der Waals surface area contributed by atoms with Gasteiger partial charge in [-0.05, 0) is 66.2 Å². The van der Waals surface area contributed by atoms with Gasteiger partial charge in [0.15, 0.2) is 0 Å². The number of anilines is 1. The van der Waals surface area contributed by atoms with Crippen molar-refractivity contribution in [3.63, 3.8) is 0 Å². The summed E-state index contributed by atoms with van der Waals surface area (Å²) < 4.78 is 33.1. The van der Waals surface area contributed by atoms with E-state index in [9.17, 15) is 13.2 Å². The number of nitrogens with zero attached hydrogens (tertiary/aromatic N) is 1. The van der Waals surface area contributed by atoms with Gasteiger partial charge in [0, 0.05) is 11.3 Å². The van der Waals surface area contributed by atoms with E-state index in [-0.39, 0.29) is 4.90 Å². The number of hydrogen-bond acceptors (Lipinski definition) is 5. The second-order valence-electron chi connectivity index (χ2n) is 7.18. The highest BCUT2D eigenvalue weighted by Crippen LogP contribution is 2.21. The quantitative estimate of drug-likeness (QED) is 0.278. The van der Waals surface area contributed by atoms with Crippen molar-refractivity contribution < 1.29 is 17.9 Å². The number of para-hydroxylation sites is 1. The van der Waals surface area contributed by atoms with Crippen LogP contribution in [0.25, 0.3) is 0 Å². The fraction of sp³-hybridized carbons (Fsp3) is 0. The molecule has 0 unspecified atom stereocenters. The number of rotatable bonds is 8. The standard InChI is InChI=1S/C26H21N3O4S/c30-26(21-14-16-22(17-15-21)29-34(31,32)25-12-5-2-6-13-25)28-27-19-20-8-7-11-24(18-20)33-23-9-3-1-4-10-23/h1-19,29H,(H,28,30). The van der Waals surface area contributed by atoms with Gasteiger partial charge in [0.25, 0.3) is 15.9 Å². The van der Waals surface area contributed by atoms with E-state index in [1.165, 1.54) is 42.6 Å². The Hall–Kier alpha value is -4.43. The molecular weight excluding hydrogens is 450 g/mol. The first-order valence-electron chi connectivity index (χ1n) is 10.3. The predicted octanol–water partition coefficient (Wildman–Crippen LogP) is 5.04. The van der Waals surface area contributed by atoms with Crippen LogP contribution in [0.15, 0.2) is 119 Å². The third kappa shape index (κ3) is 6.08. The zero-order valence-electron chi connectivity index (χ0n) is 18.0. The molecule has 4 aromatic rings. The number of sulfonamides is 1. The third-order valence-corrected chi connectivity index (χ3v) is 6.07. The predicted molar refractivity (Wildman–Crippen MR) is 132 cm³/mol. The second kappa shape index (κ2) is 10.5. The molecule has 1 amide bonds. The molecule has 2 N–H and O–H groups in total. The Labute approximate surface area is 197 Å². The molecule has 4 rings (SSSR count). The fourth-order valence-corrected chi connectivity index (χ4v) is 4.10.